The molecule has 1 fully saturated rings. The number of hydrogen-bond donors (Lipinski definition) is 0. The van der Waals surface area contributed by atoms with Crippen LogP contribution in [0.1, 0.15) is 23.2 Å². The number of halogens is 1. The van der Waals surface area contributed by atoms with Gasteiger partial charge in [-0.1, -0.05) is 30.4 Å². The Hall–Kier alpha value is -2.83. The molecule has 2 heterocycles. The summed E-state index contributed by atoms with van der Waals surface area (Å²) in [4.78, 5) is 32.4. The van der Waals surface area contributed by atoms with Gasteiger partial charge in [0.2, 0.25) is 5.91 Å². The molecule has 2 amide bonds. The van der Waals surface area contributed by atoms with E-state index >= 15 is 0 Å². The molecule has 176 valence electrons. The third-order valence-electron chi connectivity index (χ3n) is 6.32. The third kappa shape index (κ3) is 6.36. The molecule has 0 bridgehead atoms. The van der Waals surface area contributed by atoms with Gasteiger partial charge >= 0.3 is 0 Å². The summed E-state index contributed by atoms with van der Waals surface area (Å²) in [5.41, 5.74) is 1.25. The van der Waals surface area contributed by atoms with Crippen LogP contribution in [0.25, 0.3) is 0 Å². The highest BCUT2D eigenvalue weighted by Crippen LogP contribution is 2.22. The monoisotopic (exact) mass is 469 g/mol. The van der Waals surface area contributed by atoms with Crippen LogP contribution in [-0.4, -0.2) is 68.0 Å². The largest absolute Gasteiger partial charge is 0.497 e. The standard InChI is InChI=1S/C26H31N3O3.ClH/c1-32-24-11-9-22(10-12-24)26(31)29(23-7-3-2-4-8-23)20-25(30)28-17-13-21(14-18-28)19-27-15-5-6-16-27;/h2-12,21H,13-20H2,1H3;1H. The fraction of sp³-hybridized carbons (Fsp3) is 0.385. The molecule has 0 aliphatic carbocycles. The van der Waals surface area contributed by atoms with Crippen molar-refractivity contribution >= 4 is 29.9 Å². The number of nitrogens with zero attached hydrogens (tertiary/aromatic N) is 3. The molecule has 2 aliphatic heterocycles. The van der Waals surface area contributed by atoms with Gasteiger partial charge in [-0.25, -0.2) is 0 Å². The van der Waals surface area contributed by atoms with Gasteiger partial charge in [0, 0.05) is 44.0 Å². The van der Waals surface area contributed by atoms with E-state index < -0.39 is 0 Å². The minimum Gasteiger partial charge on any atom is -0.497 e. The molecule has 0 spiro atoms. The van der Waals surface area contributed by atoms with Gasteiger partial charge in [0.25, 0.3) is 5.91 Å². The van der Waals surface area contributed by atoms with Gasteiger partial charge in [-0.2, -0.15) is 0 Å². The minimum absolute atomic E-state index is 0. The fourth-order valence-corrected chi connectivity index (χ4v) is 4.41. The summed E-state index contributed by atoms with van der Waals surface area (Å²) in [7, 11) is 1.59. The fourth-order valence-electron chi connectivity index (χ4n) is 4.41. The van der Waals surface area contributed by atoms with Gasteiger partial charge in [-0.15, -0.1) is 12.4 Å². The topological polar surface area (TPSA) is 53.1 Å². The van der Waals surface area contributed by atoms with E-state index in [1.54, 1.807) is 36.3 Å². The predicted molar refractivity (Wildman–Crippen MR) is 133 cm³/mol. The number of rotatable bonds is 7. The molecule has 33 heavy (non-hydrogen) atoms. The molecule has 0 unspecified atom stereocenters. The number of anilines is 1. The zero-order chi connectivity index (χ0) is 22.3. The first-order valence-electron chi connectivity index (χ1n) is 11.3. The summed E-state index contributed by atoms with van der Waals surface area (Å²) in [6, 6.07) is 16.4. The summed E-state index contributed by atoms with van der Waals surface area (Å²) < 4.78 is 5.20. The van der Waals surface area contributed by atoms with Crippen molar-refractivity contribution in [1.29, 1.82) is 0 Å². The van der Waals surface area contributed by atoms with E-state index in [0.717, 1.165) is 51.3 Å². The molecule has 0 radical (unpaired) electrons. The highest BCUT2D eigenvalue weighted by Gasteiger charge is 2.28. The van der Waals surface area contributed by atoms with Crippen molar-refractivity contribution in [3.63, 3.8) is 0 Å². The average Bonchev–Trinajstić information content (AvgIpc) is 3.36. The van der Waals surface area contributed by atoms with Gasteiger partial charge in [-0.3, -0.25) is 19.4 Å². The Labute approximate surface area is 202 Å². The second-order valence-corrected chi connectivity index (χ2v) is 8.47. The lowest BCUT2D eigenvalue weighted by Gasteiger charge is -2.35. The predicted octanol–water partition coefficient (Wildman–Crippen LogP) is 3.87. The molecule has 2 aromatic carbocycles. The average molecular weight is 470 g/mol. The van der Waals surface area contributed by atoms with Gasteiger partial charge in [0.1, 0.15) is 12.3 Å². The Morgan fingerprint density at radius 1 is 0.970 bits per heavy atom. The van der Waals surface area contributed by atoms with Crippen LogP contribution in [0.4, 0.5) is 5.69 Å². The van der Waals surface area contributed by atoms with Crippen molar-refractivity contribution in [2.45, 2.75) is 12.8 Å². The molecule has 7 heteroatoms. The zero-order valence-electron chi connectivity index (χ0n) is 19.1. The van der Waals surface area contributed by atoms with E-state index in [-0.39, 0.29) is 30.8 Å². The number of piperidine rings is 1. The lowest BCUT2D eigenvalue weighted by molar-refractivity contribution is -0.131. The van der Waals surface area contributed by atoms with Crippen molar-refractivity contribution in [3.8, 4) is 5.75 Å². The van der Waals surface area contributed by atoms with Crippen LogP contribution in [0.15, 0.2) is 66.7 Å². The van der Waals surface area contributed by atoms with E-state index in [9.17, 15) is 9.59 Å². The van der Waals surface area contributed by atoms with Crippen LogP contribution < -0.4 is 9.64 Å². The summed E-state index contributed by atoms with van der Waals surface area (Å²) in [5, 5.41) is 0. The Morgan fingerprint density at radius 2 is 1.61 bits per heavy atom. The molecular formula is C26H32ClN3O3. The van der Waals surface area contributed by atoms with E-state index in [1.165, 1.54) is 0 Å². The van der Waals surface area contributed by atoms with Crippen LogP contribution >= 0.6 is 12.4 Å². The van der Waals surface area contributed by atoms with Gasteiger partial charge in [0.05, 0.1) is 7.11 Å². The number of carbonyl (C=O) groups is 2. The molecule has 0 N–H and O–H groups in total. The Kier molecular flexibility index (Phi) is 8.92. The van der Waals surface area contributed by atoms with Crippen molar-refractivity contribution in [3.05, 3.63) is 72.3 Å². The van der Waals surface area contributed by atoms with Crippen LogP contribution in [0, 0.1) is 5.92 Å². The van der Waals surface area contributed by atoms with E-state index in [1.807, 2.05) is 35.2 Å². The van der Waals surface area contributed by atoms with Crippen LogP contribution in [0.5, 0.6) is 5.75 Å². The number of methoxy groups -OCH3 is 1. The summed E-state index contributed by atoms with van der Waals surface area (Å²) in [6.07, 6.45) is 6.47. The quantitative estimate of drug-likeness (QED) is 0.577. The van der Waals surface area contributed by atoms with Crippen molar-refractivity contribution in [1.82, 2.24) is 9.80 Å². The summed E-state index contributed by atoms with van der Waals surface area (Å²) >= 11 is 0. The SMILES string of the molecule is COc1ccc(C(=O)N(CC(=O)N2CCC(CN3CC=CC3)CC2)c2ccccc2)cc1.Cl. The minimum atomic E-state index is -0.191. The molecule has 4 rings (SSSR count). The number of likely N-dealkylation sites (tertiary alicyclic amines) is 1. The van der Waals surface area contributed by atoms with Crippen LogP contribution in [-0.2, 0) is 4.79 Å². The smallest absolute Gasteiger partial charge is 0.258 e. The highest BCUT2D eigenvalue weighted by atomic mass is 35.5. The summed E-state index contributed by atoms with van der Waals surface area (Å²) in [6.45, 7) is 4.72. The van der Waals surface area contributed by atoms with Crippen LogP contribution in [0.2, 0.25) is 0 Å². The number of para-hydroxylation sites is 1. The van der Waals surface area contributed by atoms with Crippen LogP contribution in [0.3, 0.4) is 0 Å². The van der Waals surface area contributed by atoms with Crippen molar-refractivity contribution < 1.29 is 14.3 Å². The van der Waals surface area contributed by atoms with Gasteiger partial charge < -0.3 is 9.64 Å². The van der Waals surface area contributed by atoms with Crippen molar-refractivity contribution in [2.24, 2.45) is 5.92 Å². The lowest BCUT2D eigenvalue weighted by atomic mass is 9.96. The second-order valence-electron chi connectivity index (χ2n) is 8.47. The van der Waals surface area contributed by atoms with Gasteiger partial charge in [-0.05, 0) is 55.2 Å². The van der Waals surface area contributed by atoms with E-state index in [4.69, 9.17) is 4.74 Å². The highest BCUT2D eigenvalue weighted by molar-refractivity contribution is 6.08. The molecule has 0 saturated carbocycles. The maximum absolute atomic E-state index is 13.3. The first-order valence-corrected chi connectivity index (χ1v) is 11.3. The lowest BCUT2D eigenvalue weighted by Crippen LogP contribution is -2.47. The molecule has 0 aromatic heterocycles. The van der Waals surface area contributed by atoms with E-state index in [2.05, 4.69) is 17.1 Å². The maximum atomic E-state index is 13.3. The molecule has 2 aromatic rings. The maximum Gasteiger partial charge on any atom is 0.258 e. The number of hydrogen-bond acceptors (Lipinski definition) is 4. The molecule has 1 saturated heterocycles. The normalized spacial score (nSPS) is 16.3. The Morgan fingerprint density at radius 3 is 2.21 bits per heavy atom. The second kappa shape index (κ2) is 11.9. The molecular weight excluding hydrogens is 438 g/mol. The number of benzene rings is 2. The number of amides is 2. The van der Waals surface area contributed by atoms with Gasteiger partial charge in [0.15, 0.2) is 0 Å². The summed E-state index contributed by atoms with van der Waals surface area (Å²) in [5.74, 6) is 1.13. The zero-order valence-corrected chi connectivity index (χ0v) is 19.9. The van der Waals surface area contributed by atoms with E-state index in [0.29, 0.717) is 17.2 Å². The number of carbonyl (C=O) groups excluding carboxylic acids is 2. The Balaban J connectivity index is 0.00000306. The Bertz CT molecular complexity index is 933. The molecule has 0 atom stereocenters. The molecule has 2 aliphatic rings. The number of ether oxygens (including phenoxy) is 1. The molecule has 6 nitrogen and oxygen atoms in total. The third-order valence-corrected chi connectivity index (χ3v) is 6.32. The first-order chi connectivity index (χ1) is 15.6. The first kappa shape index (κ1) is 24.8. The van der Waals surface area contributed by atoms with Crippen molar-refractivity contribution in [2.75, 3.05) is 51.3 Å².